The summed E-state index contributed by atoms with van der Waals surface area (Å²) in [6.07, 6.45) is 4.01. The molecule has 1 aliphatic rings. The van der Waals surface area contributed by atoms with Crippen LogP contribution in [0.15, 0.2) is 54.7 Å². The number of aromatic amines is 1. The minimum atomic E-state index is 0.0389. The fourth-order valence-electron chi connectivity index (χ4n) is 3.82. The molecule has 1 aromatic heterocycles. The molecule has 3 nitrogen and oxygen atoms in total. The highest BCUT2D eigenvalue weighted by Gasteiger charge is 2.28. The Bertz CT molecular complexity index is 865. The van der Waals surface area contributed by atoms with Crippen molar-refractivity contribution in [3.63, 3.8) is 0 Å². The largest absolute Gasteiger partial charge is 0.361 e. The van der Waals surface area contributed by atoms with E-state index in [1.807, 2.05) is 6.20 Å². The number of rotatable bonds is 2. The molecular weight excluding hydrogens is 284 g/mol. The van der Waals surface area contributed by atoms with Crippen molar-refractivity contribution in [2.75, 3.05) is 0 Å². The Morgan fingerprint density at radius 3 is 2.74 bits per heavy atom. The molecule has 0 saturated carbocycles. The van der Waals surface area contributed by atoms with Crippen molar-refractivity contribution in [3.8, 4) is 0 Å². The lowest BCUT2D eigenvalue weighted by Crippen LogP contribution is -2.30. The molecule has 3 heteroatoms. The zero-order chi connectivity index (χ0) is 15.8. The van der Waals surface area contributed by atoms with Crippen molar-refractivity contribution in [2.24, 2.45) is 0 Å². The molecule has 2 N–H and O–H groups in total. The van der Waals surface area contributed by atoms with Crippen LogP contribution >= 0.6 is 0 Å². The number of hydrogen-bond acceptors (Lipinski definition) is 1. The van der Waals surface area contributed by atoms with Crippen LogP contribution in [0.25, 0.3) is 10.9 Å². The van der Waals surface area contributed by atoms with Gasteiger partial charge in [-0.15, -0.1) is 0 Å². The van der Waals surface area contributed by atoms with Gasteiger partial charge in [-0.2, -0.15) is 0 Å². The Morgan fingerprint density at radius 2 is 1.91 bits per heavy atom. The van der Waals surface area contributed by atoms with Crippen LogP contribution in [0.2, 0.25) is 0 Å². The summed E-state index contributed by atoms with van der Waals surface area (Å²) >= 11 is 0. The molecule has 23 heavy (non-hydrogen) atoms. The monoisotopic (exact) mass is 304 g/mol. The number of amides is 1. The fourth-order valence-corrected chi connectivity index (χ4v) is 3.82. The van der Waals surface area contributed by atoms with Crippen molar-refractivity contribution in [1.82, 2.24) is 10.3 Å². The van der Waals surface area contributed by atoms with Gasteiger partial charge >= 0.3 is 0 Å². The maximum absolute atomic E-state index is 11.5. The van der Waals surface area contributed by atoms with E-state index in [1.54, 1.807) is 6.92 Å². The van der Waals surface area contributed by atoms with Crippen molar-refractivity contribution >= 4 is 16.8 Å². The van der Waals surface area contributed by atoms with E-state index in [0.717, 1.165) is 12.8 Å². The predicted molar refractivity (Wildman–Crippen MR) is 92.4 cm³/mol. The van der Waals surface area contributed by atoms with Gasteiger partial charge in [0.2, 0.25) is 5.91 Å². The molecule has 0 spiro atoms. The van der Waals surface area contributed by atoms with Gasteiger partial charge in [-0.3, -0.25) is 4.79 Å². The number of aromatic nitrogens is 1. The van der Waals surface area contributed by atoms with Gasteiger partial charge in [0.15, 0.2) is 0 Å². The van der Waals surface area contributed by atoms with E-state index < -0.39 is 0 Å². The normalized spacial score (nSPS) is 20.2. The van der Waals surface area contributed by atoms with Crippen LogP contribution < -0.4 is 5.32 Å². The Labute approximate surface area is 135 Å². The fraction of sp³-hybridized carbons (Fsp3) is 0.250. The average Bonchev–Trinajstić information content (AvgIpc) is 3.02. The van der Waals surface area contributed by atoms with Gasteiger partial charge in [0.05, 0.1) is 6.04 Å². The standard InChI is InChI=1S/C20H20N2O/c1-13(23)22-20-9-7-16(17-4-2-3-5-18(17)20)14-6-8-19-15(12-14)10-11-21-19/h2-6,8,10-12,16,20-21H,7,9H2,1H3,(H,22,23)/t16?,20-/m1/s1. The lowest BCUT2D eigenvalue weighted by molar-refractivity contribution is -0.119. The Kier molecular flexibility index (Phi) is 3.41. The smallest absolute Gasteiger partial charge is 0.217 e. The Hall–Kier alpha value is -2.55. The van der Waals surface area contributed by atoms with Gasteiger partial charge < -0.3 is 10.3 Å². The van der Waals surface area contributed by atoms with Crippen LogP contribution in [0, 0.1) is 0 Å². The third-order valence-electron chi connectivity index (χ3n) is 4.85. The molecular formula is C20H20N2O. The molecule has 1 aliphatic carbocycles. The maximum atomic E-state index is 11.5. The summed E-state index contributed by atoms with van der Waals surface area (Å²) in [7, 11) is 0. The molecule has 0 aliphatic heterocycles. The highest BCUT2D eigenvalue weighted by Crippen LogP contribution is 2.41. The zero-order valence-electron chi connectivity index (χ0n) is 13.2. The number of carbonyl (C=O) groups excluding carboxylic acids is 1. The summed E-state index contributed by atoms with van der Waals surface area (Å²) in [4.78, 5) is 14.7. The number of fused-ring (bicyclic) bond motifs is 2. The van der Waals surface area contributed by atoms with E-state index >= 15 is 0 Å². The number of carbonyl (C=O) groups is 1. The first-order valence-corrected chi connectivity index (χ1v) is 8.15. The minimum Gasteiger partial charge on any atom is -0.361 e. The van der Waals surface area contributed by atoms with Crippen LogP contribution in [0.4, 0.5) is 0 Å². The molecule has 3 aromatic rings. The molecule has 116 valence electrons. The lowest BCUT2D eigenvalue weighted by atomic mass is 9.76. The van der Waals surface area contributed by atoms with Gasteiger partial charge in [0.25, 0.3) is 0 Å². The predicted octanol–water partition coefficient (Wildman–Crippen LogP) is 4.27. The van der Waals surface area contributed by atoms with E-state index in [-0.39, 0.29) is 11.9 Å². The summed E-state index contributed by atoms with van der Waals surface area (Å²) in [6, 6.07) is 17.4. The molecule has 0 fully saturated rings. The van der Waals surface area contributed by atoms with Gasteiger partial charge in [0.1, 0.15) is 0 Å². The first-order valence-electron chi connectivity index (χ1n) is 8.15. The van der Waals surface area contributed by atoms with Crippen molar-refractivity contribution < 1.29 is 4.79 Å². The number of benzene rings is 2. The number of hydrogen-bond donors (Lipinski definition) is 2. The molecule has 0 radical (unpaired) electrons. The van der Waals surface area contributed by atoms with E-state index in [2.05, 4.69) is 58.8 Å². The second-order valence-electron chi connectivity index (χ2n) is 6.34. The summed E-state index contributed by atoms with van der Waals surface area (Å²) in [6.45, 7) is 1.59. The summed E-state index contributed by atoms with van der Waals surface area (Å²) in [5.41, 5.74) is 5.13. The second-order valence-corrected chi connectivity index (χ2v) is 6.34. The first kappa shape index (κ1) is 14.1. The van der Waals surface area contributed by atoms with Crippen molar-refractivity contribution in [1.29, 1.82) is 0 Å². The van der Waals surface area contributed by atoms with E-state index in [9.17, 15) is 4.79 Å². The highest BCUT2D eigenvalue weighted by molar-refractivity contribution is 5.80. The van der Waals surface area contributed by atoms with E-state index in [1.165, 1.54) is 27.6 Å². The molecule has 2 aromatic carbocycles. The van der Waals surface area contributed by atoms with Gasteiger partial charge in [-0.25, -0.2) is 0 Å². The van der Waals surface area contributed by atoms with Crippen molar-refractivity contribution in [2.45, 2.75) is 31.7 Å². The summed E-state index contributed by atoms with van der Waals surface area (Å²) in [5, 5.41) is 4.35. The van der Waals surface area contributed by atoms with E-state index in [0.29, 0.717) is 5.92 Å². The Balaban J connectivity index is 1.76. The molecule has 1 amide bonds. The second kappa shape index (κ2) is 5.58. The summed E-state index contributed by atoms with van der Waals surface area (Å²) in [5.74, 6) is 0.438. The molecule has 1 heterocycles. The SMILES string of the molecule is CC(=O)N[C@@H]1CCC(c2ccc3[nH]ccc3c2)c2ccccc21. The third-order valence-corrected chi connectivity index (χ3v) is 4.85. The van der Waals surface area contributed by atoms with Crippen molar-refractivity contribution in [3.05, 3.63) is 71.4 Å². The van der Waals surface area contributed by atoms with Crippen LogP contribution in [-0.2, 0) is 4.79 Å². The lowest BCUT2D eigenvalue weighted by Gasteiger charge is -2.32. The highest BCUT2D eigenvalue weighted by atomic mass is 16.1. The van der Waals surface area contributed by atoms with Gasteiger partial charge in [0, 0.05) is 24.6 Å². The van der Waals surface area contributed by atoms with Gasteiger partial charge in [-0.05, 0) is 53.1 Å². The van der Waals surface area contributed by atoms with Gasteiger partial charge in [-0.1, -0.05) is 30.3 Å². The van der Waals surface area contributed by atoms with E-state index in [4.69, 9.17) is 0 Å². The van der Waals surface area contributed by atoms with Crippen LogP contribution in [0.5, 0.6) is 0 Å². The topological polar surface area (TPSA) is 44.9 Å². The maximum Gasteiger partial charge on any atom is 0.217 e. The molecule has 0 bridgehead atoms. The number of nitrogens with one attached hydrogen (secondary N) is 2. The van der Waals surface area contributed by atoms with Crippen LogP contribution in [-0.4, -0.2) is 10.9 Å². The average molecular weight is 304 g/mol. The Morgan fingerprint density at radius 1 is 1.09 bits per heavy atom. The molecule has 4 rings (SSSR count). The summed E-state index contributed by atoms with van der Waals surface area (Å²) < 4.78 is 0. The first-order chi connectivity index (χ1) is 11.2. The zero-order valence-corrected chi connectivity index (χ0v) is 13.2. The molecule has 1 unspecified atom stereocenters. The minimum absolute atomic E-state index is 0.0389. The molecule has 0 saturated heterocycles. The quantitative estimate of drug-likeness (QED) is 0.729. The molecule has 2 atom stereocenters. The number of H-pyrrole nitrogens is 1. The van der Waals surface area contributed by atoms with Crippen LogP contribution in [0.3, 0.4) is 0 Å². The third kappa shape index (κ3) is 2.52. The van der Waals surface area contributed by atoms with Crippen LogP contribution in [0.1, 0.15) is 48.4 Å².